The first-order chi connectivity index (χ1) is 8.51. The largest absolute Gasteiger partial charge is 0.480 e. The first-order valence-electron chi connectivity index (χ1n) is 5.67. The van der Waals surface area contributed by atoms with Gasteiger partial charge in [-0.3, -0.25) is 14.5 Å². The lowest BCUT2D eigenvalue weighted by Crippen LogP contribution is -2.37. The maximum absolute atomic E-state index is 11.7. The van der Waals surface area contributed by atoms with Gasteiger partial charge in [0.1, 0.15) is 0 Å². The van der Waals surface area contributed by atoms with Crippen molar-refractivity contribution < 1.29 is 14.7 Å². The Morgan fingerprint density at radius 2 is 2.22 bits per heavy atom. The number of carbonyl (C=O) groups excluding carboxylic acids is 1. The maximum atomic E-state index is 11.7. The molecule has 0 atom stereocenters. The van der Waals surface area contributed by atoms with Crippen LogP contribution in [0.5, 0.6) is 0 Å². The fourth-order valence-corrected chi connectivity index (χ4v) is 2.20. The van der Waals surface area contributed by atoms with Crippen molar-refractivity contribution >= 4 is 28.3 Å². The van der Waals surface area contributed by atoms with Crippen LogP contribution in [0.4, 0.5) is 5.13 Å². The molecule has 0 aliphatic heterocycles. The lowest BCUT2D eigenvalue weighted by Gasteiger charge is -2.18. The molecule has 2 N–H and O–H groups in total. The van der Waals surface area contributed by atoms with E-state index in [1.165, 1.54) is 11.3 Å². The number of carboxylic acids is 1. The van der Waals surface area contributed by atoms with Crippen LogP contribution in [0.2, 0.25) is 0 Å². The molecule has 0 unspecified atom stereocenters. The van der Waals surface area contributed by atoms with E-state index in [9.17, 15) is 9.59 Å². The summed E-state index contributed by atoms with van der Waals surface area (Å²) in [4.78, 5) is 28.1. The summed E-state index contributed by atoms with van der Waals surface area (Å²) in [5.74, 6) is -1.17. The Bertz CT molecular complexity index is 419. The highest BCUT2D eigenvalue weighted by Gasteiger charge is 2.14. The second-order valence-corrected chi connectivity index (χ2v) is 4.80. The van der Waals surface area contributed by atoms with Gasteiger partial charge in [-0.05, 0) is 19.9 Å². The number of nitrogens with one attached hydrogen (secondary N) is 1. The number of hydrogen-bond acceptors (Lipinski definition) is 5. The monoisotopic (exact) mass is 271 g/mol. The molecule has 7 heteroatoms. The van der Waals surface area contributed by atoms with Gasteiger partial charge in [0.25, 0.3) is 0 Å². The summed E-state index contributed by atoms with van der Waals surface area (Å²) >= 11 is 1.35. The van der Waals surface area contributed by atoms with Crippen LogP contribution < -0.4 is 5.32 Å². The summed E-state index contributed by atoms with van der Waals surface area (Å²) in [6, 6.07) is 0. The lowest BCUT2D eigenvalue weighted by molar-refractivity contribution is -0.138. The third-order valence-corrected chi connectivity index (χ3v) is 3.01. The second kappa shape index (κ2) is 7.07. The molecule has 0 aliphatic rings. The molecule has 0 fully saturated rings. The van der Waals surface area contributed by atoms with Gasteiger partial charge in [0.2, 0.25) is 5.91 Å². The Hall–Kier alpha value is -1.47. The van der Waals surface area contributed by atoms with Crippen molar-refractivity contribution in [3.05, 3.63) is 11.1 Å². The third-order valence-electron chi connectivity index (χ3n) is 2.13. The van der Waals surface area contributed by atoms with Crippen molar-refractivity contribution in [2.75, 3.05) is 25.0 Å². The standard InChI is InChI=1S/C11H17N3O3S/c1-3-4-14(6-10(16)17)5-9(15)13-11-12-8(2)7-18-11/h7H,3-6H2,1-2H3,(H,16,17)(H,12,13,15). The zero-order chi connectivity index (χ0) is 13.5. The molecule has 0 saturated carbocycles. The number of thiazole rings is 1. The van der Waals surface area contributed by atoms with Gasteiger partial charge in [0.05, 0.1) is 18.8 Å². The Kier molecular flexibility index (Phi) is 5.73. The summed E-state index contributed by atoms with van der Waals surface area (Å²) in [6.07, 6.45) is 0.803. The molecule has 0 bridgehead atoms. The molecule has 1 aromatic heterocycles. The van der Waals surface area contributed by atoms with Gasteiger partial charge in [-0.25, -0.2) is 4.98 Å². The van der Waals surface area contributed by atoms with Crippen molar-refractivity contribution in [1.82, 2.24) is 9.88 Å². The first kappa shape index (κ1) is 14.6. The molecule has 0 spiro atoms. The third kappa shape index (κ3) is 5.24. The minimum absolute atomic E-state index is 0.0682. The summed E-state index contributed by atoms with van der Waals surface area (Å²) < 4.78 is 0. The van der Waals surface area contributed by atoms with Gasteiger partial charge in [0, 0.05) is 5.38 Å². The molecule has 0 aliphatic carbocycles. The first-order valence-corrected chi connectivity index (χ1v) is 6.55. The Labute approximate surface area is 110 Å². The number of aliphatic carboxylic acids is 1. The van der Waals surface area contributed by atoms with E-state index in [-0.39, 0.29) is 19.0 Å². The molecule has 1 heterocycles. The van der Waals surface area contributed by atoms with E-state index in [0.717, 1.165) is 12.1 Å². The van der Waals surface area contributed by atoms with Crippen LogP contribution in [-0.2, 0) is 9.59 Å². The smallest absolute Gasteiger partial charge is 0.317 e. The van der Waals surface area contributed by atoms with Gasteiger partial charge in [-0.2, -0.15) is 0 Å². The lowest BCUT2D eigenvalue weighted by atomic mass is 10.4. The fourth-order valence-electron chi connectivity index (χ4n) is 1.49. The van der Waals surface area contributed by atoms with Crippen molar-refractivity contribution in [2.24, 2.45) is 0 Å². The van der Waals surface area contributed by atoms with E-state index >= 15 is 0 Å². The fraction of sp³-hybridized carbons (Fsp3) is 0.545. The molecule has 0 aromatic carbocycles. The number of aryl methyl sites for hydroxylation is 1. The van der Waals surface area contributed by atoms with Crippen molar-refractivity contribution in [3.8, 4) is 0 Å². The molecule has 0 radical (unpaired) electrons. The molecule has 6 nitrogen and oxygen atoms in total. The highest BCUT2D eigenvalue weighted by Crippen LogP contribution is 2.14. The molecule has 1 amide bonds. The number of anilines is 1. The van der Waals surface area contributed by atoms with Gasteiger partial charge < -0.3 is 10.4 Å². The van der Waals surface area contributed by atoms with Crippen LogP contribution >= 0.6 is 11.3 Å². The molecular formula is C11H17N3O3S. The van der Waals surface area contributed by atoms with E-state index in [1.807, 2.05) is 19.2 Å². The highest BCUT2D eigenvalue weighted by atomic mass is 32.1. The van der Waals surface area contributed by atoms with E-state index in [1.54, 1.807) is 4.90 Å². The van der Waals surface area contributed by atoms with Gasteiger partial charge in [-0.15, -0.1) is 11.3 Å². The van der Waals surface area contributed by atoms with Gasteiger partial charge >= 0.3 is 5.97 Å². The predicted octanol–water partition coefficient (Wildman–Crippen LogP) is 1.19. The number of aromatic nitrogens is 1. The summed E-state index contributed by atoms with van der Waals surface area (Å²) in [5, 5.41) is 13.8. The van der Waals surface area contributed by atoms with Crippen LogP contribution in [0.3, 0.4) is 0 Å². The Morgan fingerprint density at radius 1 is 1.50 bits per heavy atom. The molecule has 0 saturated heterocycles. The van der Waals surface area contributed by atoms with Crippen LogP contribution in [0.1, 0.15) is 19.0 Å². The number of amides is 1. The Balaban J connectivity index is 2.47. The quantitative estimate of drug-likeness (QED) is 0.778. The number of nitrogens with zero attached hydrogens (tertiary/aromatic N) is 2. The van der Waals surface area contributed by atoms with E-state index in [2.05, 4.69) is 10.3 Å². The number of carbonyl (C=O) groups is 2. The molecule has 1 rings (SSSR count). The van der Waals surface area contributed by atoms with E-state index in [0.29, 0.717) is 11.7 Å². The normalized spacial score (nSPS) is 10.6. The van der Waals surface area contributed by atoms with Crippen LogP contribution in [0, 0.1) is 6.92 Å². The minimum atomic E-state index is -0.929. The van der Waals surface area contributed by atoms with Crippen molar-refractivity contribution in [1.29, 1.82) is 0 Å². The average Bonchev–Trinajstić information content (AvgIpc) is 2.62. The maximum Gasteiger partial charge on any atom is 0.317 e. The van der Waals surface area contributed by atoms with Crippen molar-refractivity contribution in [3.63, 3.8) is 0 Å². The molecular weight excluding hydrogens is 254 g/mol. The minimum Gasteiger partial charge on any atom is -0.480 e. The summed E-state index contributed by atoms with van der Waals surface area (Å²) in [5.41, 5.74) is 0.853. The van der Waals surface area contributed by atoms with Crippen LogP contribution in [-0.4, -0.2) is 46.5 Å². The summed E-state index contributed by atoms with van der Waals surface area (Å²) in [6.45, 7) is 4.31. The Morgan fingerprint density at radius 3 is 2.72 bits per heavy atom. The number of rotatable bonds is 7. The number of hydrogen-bond donors (Lipinski definition) is 2. The highest BCUT2D eigenvalue weighted by molar-refractivity contribution is 7.13. The van der Waals surface area contributed by atoms with Crippen LogP contribution in [0.25, 0.3) is 0 Å². The molecule has 100 valence electrons. The number of carboxylic acid groups (broad SMARTS) is 1. The van der Waals surface area contributed by atoms with Crippen LogP contribution in [0.15, 0.2) is 5.38 Å². The molecule has 1 aromatic rings. The zero-order valence-electron chi connectivity index (χ0n) is 10.5. The van der Waals surface area contributed by atoms with E-state index < -0.39 is 5.97 Å². The zero-order valence-corrected chi connectivity index (χ0v) is 11.3. The van der Waals surface area contributed by atoms with Gasteiger partial charge in [-0.1, -0.05) is 6.92 Å². The SMILES string of the molecule is CCCN(CC(=O)O)CC(=O)Nc1nc(C)cs1. The second-order valence-electron chi connectivity index (χ2n) is 3.95. The molecule has 18 heavy (non-hydrogen) atoms. The van der Waals surface area contributed by atoms with Gasteiger partial charge in [0.15, 0.2) is 5.13 Å². The summed E-state index contributed by atoms with van der Waals surface area (Å²) in [7, 11) is 0. The average molecular weight is 271 g/mol. The topological polar surface area (TPSA) is 82.5 Å². The van der Waals surface area contributed by atoms with E-state index in [4.69, 9.17) is 5.11 Å². The predicted molar refractivity (Wildman–Crippen MR) is 69.8 cm³/mol. The van der Waals surface area contributed by atoms with Crippen molar-refractivity contribution in [2.45, 2.75) is 20.3 Å².